The van der Waals surface area contributed by atoms with E-state index in [0.29, 0.717) is 13.0 Å². The average Bonchev–Trinajstić information content (AvgIpc) is 2.30. The van der Waals surface area contributed by atoms with Gasteiger partial charge in [-0.3, -0.25) is 0 Å². The highest BCUT2D eigenvalue weighted by atomic mass is 32.2. The van der Waals surface area contributed by atoms with Crippen LogP contribution in [0.25, 0.3) is 0 Å². The summed E-state index contributed by atoms with van der Waals surface area (Å²) in [6, 6.07) is 6.73. The van der Waals surface area contributed by atoms with Crippen molar-refractivity contribution in [1.82, 2.24) is 9.97 Å². The molecule has 0 atom stereocenters. The van der Waals surface area contributed by atoms with Crippen molar-refractivity contribution in [2.24, 2.45) is 5.73 Å². The van der Waals surface area contributed by atoms with Crippen LogP contribution in [-0.4, -0.2) is 16.5 Å². The molecule has 0 amide bonds. The summed E-state index contributed by atoms with van der Waals surface area (Å²) in [5, 5.41) is 0.796. The second kappa shape index (κ2) is 5.75. The Hall–Kier alpha value is -1.46. The molecule has 0 aliphatic rings. The first-order valence-corrected chi connectivity index (χ1v) is 6.03. The molecule has 0 aliphatic carbocycles. The quantitative estimate of drug-likeness (QED) is 0.844. The third-order valence-corrected chi connectivity index (χ3v) is 3.06. The van der Waals surface area contributed by atoms with Gasteiger partial charge in [0, 0.05) is 11.1 Å². The van der Waals surface area contributed by atoms with Crippen molar-refractivity contribution >= 4 is 11.8 Å². The fourth-order valence-corrected chi connectivity index (χ4v) is 2.30. The lowest BCUT2D eigenvalue weighted by Gasteiger charge is -2.04. The number of halogens is 1. The standard InChI is InChI=1S/C12H12FN3S/c13-10-5-9(1-3-14)6-11(7-10)17-12-2-4-15-8-16-12/h2,4-8H,1,3,14H2. The van der Waals surface area contributed by atoms with Gasteiger partial charge in [0.1, 0.15) is 17.2 Å². The van der Waals surface area contributed by atoms with Gasteiger partial charge in [0.15, 0.2) is 0 Å². The molecule has 0 saturated heterocycles. The molecule has 0 unspecified atom stereocenters. The molecule has 2 rings (SSSR count). The van der Waals surface area contributed by atoms with E-state index in [-0.39, 0.29) is 5.82 Å². The molecule has 5 heteroatoms. The Bertz CT molecular complexity index is 490. The highest BCUT2D eigenvalue weighted by molar-refractivity contribution is 7.99. The first-order valence-electron chi connectivity index (χ1n) is 5.21. The zero-order chi connectivity index (χ0) is 12.1. The molecule has 0 saturated carbocycles. The Morgan fingerprint density at radius 1 is 1.29 bits per heavy atom. The topological polar surface area (TPSA) is 51.8 Å². The lowest BCUT2D eigenvalue weighted by Crippen LogP contribution is -2.03. The summed E-state index contributed by atoms with van der Waals surface area (Å²) in [6.45, 7) is 0.515. The van der Waals surface area contributed by atoms with E-state index >= 15 is 0 Å². The van der Waals surface area contributed by atoms with Gasteiger partial charge in [0.2, 0.25) is 0 Å². The number of hydrogen-bond donors (Lipinski definition) is 1. The van der Waals surface area contributed by atoms with E-state index in [2.05, 4.69) is 9.97 Å². The van der Waals surface area contributed by atoms with Crippen molar-refractivity contribution in [3.05, 3.63) is 48.2 Å². The van der Waals surface area contributed by atoms with Crippen LogP contribution in [-0.2, 0) is 6.42 Å². The Labute approximate surface area is 103 Å². The molecule has 1 heterocycles. The average molecular weight is 249 g/mol. The summed E-state index contributed by atoms with van der Waals surface area (Å²) in [7, 11) is 0. The normalized spacial score (nSPS) is 10.5. The van der Waals surface area contributed by atoms with Gasteiger partial charge >= 0.3 is 0 Å². The van der Waals surface area contributed by atoms with Crippen LogP contribution in [0, 0.1) is 5.82 Å². The lowest BCUT2D eigenvalue weighted by atomic mass is 10.1. The smallest absolute Gasteiger partial charge is 0.124 e. The molecule has 1 aromatic carbocycles. The Balaban J connectivity index is 2.21. The molecule has 0 aliphatic heterocycles. The first kappa shape index (κ1) is 12.0. The van der Waals surface area contributed by atoms with E-state index in [1.807, 2.05) is 6.07 Å². The summed E-state index contributed by atoms with van der Waals surface area (Å²) in [5.74, 6) is -0.243. The molecule has 17 heavy (non-hydrogen) atoms. The number of nitrogens with zero attached hydrogens (tertiary/aromatic N) is 2. The molecule has 2 N–H and O–H groups in total. The van der Waals surface area contributed by atoms with E-state index in [0.717, 1.165) is 15.5 Å². The monoisotopic (exact) mass is 249 g/mol. The van der Waals surface area contributed by atoms with E-state index < -0.39 is 0 Å². The minimum atomic E-state index is -0.243. The van der Waals surface area contributed by atoms with Crippen LogP contribution in [0.15, 0.2) is 46.7 Å². The van der Waals surface area contributed by atoms with Crippen LogP contribution >= 0.6 is 11.8 Å². The fourth-order valence-electron chi connectivity index (χ4n) is 1.45. The van der Waals surface area contributed by atoms with Crippen LogP contribution in [0.5, 0.6) is 0 Å². The Kier molecular flexibility index (Phi) is 4.06. The SMILES string of the molecule is NCCc1cc(F)cc(Sc2ccncn2)c1. The molecule has 1 aromatic heterocycles. The molecule has 0 bridgehead atoms. The fraction of sp³-hybridized carbons (Fsp3) is 0.167. The van der Waals surface area contributed by atoms with Crippen molar-refractivity contribution in [2.75, 3.05) is 6.54 Å². The van der Waals surface area contributed by atoms with Crippen LogP contribution in [0.2, 0.25) is 0 Å². The number of rotatable bonds is 4. The van der Waals surface area contributed by atoms with Gasteiger partial charge in [0.05, 0.1) is 0 Å². The van der Waals surface area contributed by atoms with Crippen LogP contribution in [0.3, 0.4) is 0 Å². The molecular formula is C12H12FN3S. The molecular weight excluding hydrogens is 237 g/mol. The van der Waals surface area contributed by atoms with E-state index in [1.165, 1.54) is 30.2 Å². The predicted octanol–water partition coefficient (Wildman–Crippen LogP) is 2.27. The summed E-state index contributed by atoms with van der Waals surface area (Å²) in [4.78, 5) is 8.75. The zero-order valence-electron chi connectivity index (χ0n) is 9.14. The maximum absolute atomic E-state index is 13.4. The van der Waals surface area contributed by atoms with Crippen molar-refractivity contribution < 1.29 is 4.39 Å². The largest absolute Gasteiger partial charge is 0.330 e. The van der Waals surface area contributed by atoms with Crippen LogP contribution in [0.1, 0.15) is 5.56 Å². The number of hydrogen-bond acceptors (Lipinski definition) is 4. The third-order valence-electron chi connectivity index (χ3n) is 2.14. The summed E-state index contributed by atoms with van der Waals surface area (Å²) in [5.41, 5.74) is 6.37. The molecule has 0 fully saturated rings. The van der Waals surface area contributed by atoms with Gasteiger partial charge in [0.25, 0.3) is 0 Å². The second-order valence-corrected chi connectivity index (χ2v) is 4.58. The van der Waals surface area contributed by atoms with Crippen molar-refractivity contribution in [2.45, 2.75) is 16.3 Å². The highest BCUT2D eigenvalue weighted by Crippen LogP contribution is 2.27. The minimum Gasteiger partial charge on any atom is -0.330 e. The van der Waals surface area contributed by atoms with Crippen LogP contribution in [0.4, 0.5) is 4.39 Å². The number of benzene rings is 1. The lowest BCUT2D eigenvalue weighted by molar-refractivity contribution is 0.621. The van der Waals surface area contributed by atoms with Gasteiger partial charge in [-0.15, -0.1) is 0 Å². The van der Waals surface area contributed by atoms with Gasteiger partial charge in [-0.05, 0) is 42.8 Å². The highest BCUT2D eigenvalue weighted by Gasteiger charge is 2.03. The number of aromatic nitrogens is 2. The minimum absolute atomic E-state index is 0.243. The molecule has 3 nitrogen and oxygen atoms in total. The summed E-state index contributed by atoms with van der Waals surface area (Å²) in [6.07, 6.45) is 3.81. The summed E-state index contributed by atoms with van der Waals surface area (Å²) >= 11 is 1.41. The van der Waals surface area contributed by atoms with Crippen LogP contribution < -0.4 is 5.73 Å². The predicted molar refractivity (Wildman–Crippen MR) is 65.3 cm³/mol. The molecule has 0 radical (unpaired) electrons. The van der Waals surface area contributed by atoms with Gasteiger partial charge < -0.3 is 5.73 Å². The summed E-state index contributed by atoms with van der Waals surface area (Å²) < 4.78 is 13.4. The van der Waals surface area contributed by atoms with E-state index in [1.54, 1.807) is 12.3 Å². The van der Waals surface area contributed by atoms with E-state index in [9.17, 15) is 4.39 Å². The van der Waals surface area contributed by atoms with Crippen molar-refractivity contribution in [3.63, 3.8) is 0 Å². The molecule has 2 aromatic rings. The first-order chi connectivity index (χ1) is 8.28. The second-order valence-electron chi connectivity index (χ2n) is 3.48. The van der Waals surface area contributed by atoms with Crippen molar-refractivity contribution in [1.29, 1.82) is 0 Å². The van der Waals surface area contributed by atoms with Gasteiger partial charge in [-0.1, -0.05) is 11.8 Å². The Morgan fingerprint density at radius 2 is 2.18 bits per heavy atom. The maximum atomic E-state index is 13.4. The third kappa shape index (κ3) is 3.51. The molecule has 88 valence electrons. The maximum Gasteiger partial charge on any atom is 0.124 e. The number of nitrogens with two attached hydrogens (primary N) is 1. The Morgan fingerprint density at radius 3 is 2.88 bits per heavy atom. The molecule has 0 spiro atoms. The van der Waals surface area contributed by atoms with Gasteiger partial charge in [-0.25, -0.2) is 14.4 Å². The van der Waals surface area contributed by atoms with Crippen molar-refractivity contribution in [3.8, 4) is 0 Å². The zero-order valence-corrected chi connectivity index (χ0v) is 9.95. The van der Waals surface area contributed by atoms with Gasteiger partial charge in [-0.2, -0.15) is 0 Å². The van der Waals surface area contributed by atoms with E-state index in [4.69, 9.17) is 5.73 Å².